The maximum absolute atomic E-state index is 12.2. The van der Waals surface area contributed by atoms with E-state index in [0.29, 0.717) is 19.6 Å². The van der Waals surface area contributed by atoms with Crippen molar-refractivity contribution in [2.45, 2.75) is 24.5 Å². The van der Waals surface area contributed by atoms with E-state index in [0.717, 1.165) is 31.5 Å². The zero-order valence-electron chi connectivity index (χ0n) is 13.1. The highest BCUT2D eigenvalue weighted by molar-refractivity contribution is 5.89. The van der Waals surface area contributed by atoms with Crippen LogP contribution in [0.15, 0.2) is 30.3 Å². The van der Waals surface area contributed by atoms with Gasteiger partial charge in [-0.25, -0.2) is 0 Å². The Balaban J connectivity index is 0.00000132. The van der Waals surface area contributed by atoms with Crippen molar-refractivity contribution in [3.05, 3.63) is 35.9 Å². The van der Waals surface area contributed by atoms with Crippen molar-refractivity contribution in [1.29, 1.82) is 0 Å². The molecule has 1 unspecified atom stereocenters. The number of carbonyl (C=O) groups is 1. The minimum atomic E-state index is -0.564. The lowest BCUT2D eigenvalue weighted by Gasteiger charge is -2.36. The van der Waals surface area contributed by atoms with Gasteiger partial charge in [-0.1, -0.05) is 30.3 Å². The first kappa shape index (κ1) is 20.2. The zero-order valence-corrected chi connectivity index (χ0v) is 14.7. The highest BCUT2D eigenvalue weighted by Gasteiger charge is 2.48. The van der Waals surface area contributed by atoms with E-state index in [4.69, 9.17) is 5.73 Å². The Kier molecular flexibility index (Phi) is 7.29. The number of rotatable bonds is 4. The minimum Gasteiger partial charge on any atom is -0.387 e. The first-order valence-electron chi connectivity index (χ1n) is 7.62. The molecule has 1 aliphatic heterocycles. The van der Waals surface area contributed by atoms with E-state index >= 15 is 0 Å². The first-order valence-corrected chi connectivity index (χ1v) is 7.62. The van der Waals surface area contributed by atoms with E-state index in [9.17, 15) is 9.90 Å². The summed E-state index contributed by atoms with van der Waals surface area (Å²) in [6.07, 6.45) is 1.16. The lowest BCUT2D eigenvalue weighted by Crippen LogP contribution is -2.54. The molecule has 1 saturated heterocycles. The molecule has 3 rings (SSSR count). The van der Waals surface area contributed by atoms with Crippen molar-refractivity contribution >= 4 is 30.7 Å². The van der Waals surface area contributed by atoms with Crippen LogP contribution in [0.25, 0.3) is 0 Å². The smallest absolute Gasteiger partial charge is 0.242 e. The summed E-state index contributed by atoms with van der Waals surface area (Å²) in [6, 6.07) is 9.70. The second-order valence-electron chi connectivity index (χ2n) is 6.18. The molecule has 1 aromatic rings. The van der Waals surface area contributed by atoms with E-state index < -0.39 is 11.6 Å². The summed E-state index contributed by atoms with van der Waals surface area (Å²) in [5.74, 6) is 0.103. The third kappa shape index (κ3) is 4.81. The Bertz CT molecular complexity index is 503. The van der Waals surface area contributed by atoms with Gasteiger partial charge in [0.1, 0.15) is 0 Å². The highest BCUT2D eigenvalue weighted by atomic mass is 35.5. The molecular formula is C16H25Cl2N3O2. The number of aliphatic hydroxyl groups is 1. The van der Waals surface area contributed by atoms with Gasteiger partial charge in [0.05, 0.1) is 11.6 Å². The second kappa shape index (κ2) is 8.31. The topological polar surface area (TPSA) is 69.8 Å². The fourth-order valence-corrected chi connectivity index (χ4v) is 2.82. The normalized spacial score (nSPS) is 20.9. The van der Waals surface area contributed by atoms with Gasteiger partial charge in [-0.3, -0.25) is 9.69 Å². The quantitative estimate of drug-likeness (QED) is 0.845. The lowest BCUT2D eigenvalue weighted by molar-refractivity contribution is -0.135. The number of hydrogen-bond acceptors (Lipinski definition) is 4. The number of amides is 1. The number of nitrogens with two attached hydrogens (primary N) is 1. The van der Waals surface area contributed by atoms with E-state index in [-0.39, 0.29) is 30.7 Å². The molecule has 3 N–H and O–H groups in total. The summed E-state index contributed by atoms with van der Waals surface area (Å²) >= 11 is 0. The number of halogens is 2. The number of benzene rings is 1. The molecule has 0 radical (unpaired) electrons. The van der Waals surface area contributed by atoms with Crippen LogP contribution in [0.5, 0.6) is 0 Å². The number of carbonyl (C=O) groups excluding carboxylic acids is 1. The number of piperazine rings is 1. The van der Waals surface area contributed by atoms with Crippen LogP contribution in [-0.2, 0) is 4.79 Å². The average Bonchev–Trinajstić information content (AvgIpc) is 3.27. The van der Waals surface area contributed by atoms with Crippen molar-refractivity contribution in [2.24, 2.45) is 5.73 Å². The number of β-amino-alcohol motifs (C(OH)–C–C–N with tert-alkyl or cyclic N) is 1. The molecule has 1 saturated carbocycles. The van der Waals surface area contributed by atoms with Crippen LogP contribution in [0.2, 0.25) is 0 Å². The Morgan fingerprint density at radius 2 is 1.70 bits per heavy atom. The Morgan fingerprint density at radius 1 is 1.13 bits per heavy atom. The van der Waals surface area contributed by atoms with Crippen molar-refractivity contribution < 1.29 is 9.90 Å². The standard InChI is InChI=1S/C16H23N3O2.2ClH/c17-16(6-7-16)15(21)19-10-8-18(9-11-19)12-14(20)13-4-2-1-3-5-13;;/h1-5,14,20H,6-12,17H2;2*1H. The van der Waals surface area contributed by atoms with Gasteiger partial charge in [0.2, 0.25) is 5.91 Å². The molecule has 1 aromatic carbocycles. The molecule has 130 valence electrons. The second-order valence-corrected chi connectivity index (χ2v) is 6.18. The molecule has 2 aliphatic rings. The summed E-state index contributed by atoms with van der Waals surface area (Å²) in [5, 5.41) is 10.2. The van der Waals surface area contributed by atoms with Crippen molar-refractivity contribution in [3.63, 3.8) is 0 Å². The molecule has 0 spiro atoms. The molecule has 1 heterocycles. The summed E-state index contributed by atoms with van der Waals surface area (Å²) in [7, 11) is 0. The third-order valence-electron chi connectivity index (χ3n) is 4.49. The summed E-state index contributed by atoms with van der Waals surface area (Å²) in [4.78, 5) is 16.2. The summed E-state index contributed by atoms with van der Waals surface area (Å²) in [6.45, 7) is 3.62. The predicted octanol–water partition coefficient (Wildman–Crippen LogP) is 1.20. The molecule has 2 fully saturated rings. The molecule has 7 heteroatoms. The molecule has 1 amide bonds. The molecule has 5 nitrogen and oxygen atoms in total. The van der Waals surface area contributed by atoms with Crippen LogP contribution < -0.4 is 5.73 Å². The fourth-order valence-electron chi connectivity index (χ4n) is 2.82. The Hall–Kier alpha value is -0.850. The molecule has 1 aliphatic carbocycles. The third-order valence-corrected chi connectivity index (χ3v) is 4.49. The molecule has 0 aromatic heterocycles. The van der Waals surface area contributed by atoms with Gasteiger partial charge in [0, 0.05) is 32.7 Å². The monoisotopic (exact) mass is 361 g/mol. The SMILES string of the molecule is Cl.Cl.NC1(C(=O)N2CCN(CC(O)c3ccccc3)CC2)CC1. The van der Waals surface area contributed by atoms with Gasteiger partial charge in [0.25, 0.3) is 0 Å². The summed E-state index contributed by atoms with van der Waals surface area (Å²) in [5.41, 5.74) is 6.34. The molecule has 0 bridgehead atoms. The van der Waals surface area contributed by atoms with E-state index in [1.807, 2.05) is 35.2 Å². The predicted molar refractivity (Wildman–Crippen MR) is 95.1 cm³/mol. The zero-order chi connectivity index (χ0) is 14.9. The fraction of sp³-hybridized carbons (Fsp3) is 0.562. The van der Waals surface area contributed by atoms with Gasteiger partial charge in [-0.15, -0.1) is 24.8 Å². The van der Waals surface area contributed by atoms with Gasteiger partial charge < -0.3 is 15.7 Å². The van der Waals surface area contributed by atoms with Crippen LogP contribution in [0.1, 0.15) is 24.5 Å². The molecule has 23 heavy (non-hydrogen) atoms. The lowest BCUT2D eigenvalue weighted by atomic mass is 10.1. The minimum absolute atomic E-state index is 0. The molecule has 1 atom stereocenters. The Morgan fingerprint density at radius 3 is 2.22 bits per heavy atom. The van der Waals surface area contributed by atoms with Gasteiger partial charge in [0.15, 0.2) is 0 Å². The number of aliphatic hydroxyl groups excluding tert-OH is 1. The van der Waals surface area contributed by atoms with Gasteiger partial charge in [-0.2, -0.15) is 0 Å². The number of nitrogens with zero attached hydrogens (tertiary/aromatic N) is 2. The van der Waals surface area contributed by atoms with E-state index in [2.05, 4.69) is 4.90 Å². The van der Waals surface area contributed by atoms with Gasteiger partial charge in [-0.05, 0) is 18.4 Å². The van der Waals surface area contributed by atoms with Crippen LogP contribution in [0.3, 0.4) is 0 Å². The van der Waals surface area contributed by atoms with Crippen LogP contribution >= 0.6 is 24.8 Å². The number of hydrogen-bond donors (Lipinski definition) is 2. The van der Waals surface area contributed by atoms with Gasteiger partial charge >= 0.3 is 0 Å². The average molecular weight is 362 g/mol. The maximum Gasteiger partial charge on any atom is 0.242 e. The van der Waals surface area contributed by atoms with E-state index in [1.165, 1.54) is 0 Å². The first-order chi connectivity index (χ1) is 10.1. The molecular weight excluding hydrogens is 337 g/mol. The van der Waals surface area contributed by atoms with Crippen molar-refractivity contribution in [3.8, 4) is 0 Å². The van der Waals surface area contributed by atoms with E-state index in [1.54, 1.807) is 0 Å². The van der Waals surface area contributed by atoms with Crippen molar-refractivity contribution in [1.82, 2.24) is 9.80 Å². The van der Waals surface area contributed by atoms with Crippen LogP contribution in [-0.4, -0.2) is 59.1 Å². The van der Waals surface area contributed by atoms with Crippen LogP contribution in [0, 0.1) is 0 Å². The largest absolute Gasteiger partial charge is 0.387 e. The summed E-state index contributed by atoms with van der Waals surface area (Å²) < 4.78 is 0. The Labute approximate surface area is 149 Å². The maximum atomic E-state index is 12.2. The van der Waals surface area contributed by atoms with Crippen molar-refractivity contribution in [2.75, 3.05) is 32.7 Å². The highest BCUT2D eigenvalue weighted by Crippen LogP contribution is 2.34. The van der Waals surface area contributed by atoms with Crippen LogP contribution in [0.4, 0.5) is 0 Å².